The van der Waals surface area contributed by atoms with Crippen molar-refractivity contribution in [1.29, 1.82) is 0 Å². The van der Waals surface area contributed by atoms with E-state index in [4.69, 9.17) is 4.52 Å². The van der Waals surface area contributed by atoms with Crippen LogP contribution in [0.5, 0.6) is 0 Å². The predicted octanol–water partition coefficient (Wildman–Crippen LogP) is 2.63. The number of rotatable bonds is 5. The van der Waals surface area contributed by atoms with E-state index in [0.29, 0.717) is 17.6 Å². The third kappa shape index (κ3) is 3.64. The van der Waals surface area contributed by atoms with Crippen LogP contribution in [0.1, 0.15) is 31.6 Å². The van der Waals surface area contributed by atoms with Gasteiger partial charge in [0.25, 0.3) is 0 Å². The molecular formula is C18H22N4O2. The van der Waals surface area contributed by atoms with E-state index in [0.717, 1.165) is 56.4 Å². The van der Waals surface area contributed by atoms with Crippen molar-refractivity contribution in [1.82, 2.24) is 15.5 Å². The van der Waals surface area contributed by atoms with Crippen LogP contribution in [0.25, 0.3) is 11.4 Å². The van der Waals surface area contributed by atoms with Gasteiger partial charge in [0.1, 0.15) is 0 Å². The number of amides is 1. The quantitative estimate of drug-likeness (QED) is 0.883. The Kier molecular flexibility index (Phi) is 4.30. The van der Waals surface area contributed by atoms with Gasteiger partial charge in [0.05, 0.1) is 0 Å². The van der Waals surface area contributed by atoms with Gasteiger partial charge < -0.3 is 15.2 Å². The number of carbonyl (C=O) groups is 1. The molecule has 1 saturated heterocycles. The monoisotopic (exact) mass is 326 g/mol. The number of nitrogens with one attached hydrogen (secondary N) is 2. The van der Waals surface area contributed by atoms with Gasteiger partial charge in [-0.2, -0.15) is 4.98 Å². The van der Waals surface area contributed by atoms with Crippen molar-refractivity contribution in [2.75, 3.05) is 18.4 Å². The Hall–Kier alpha value is -2.21. The van der Waals surface area contributed by atoms with Gasteiger partial charge >= 0.3 is 0 Å². The topological polar surface area (TPSA) is 80.0 Å². The summed E-state index contributed by atoms with van der Waals surface area (Å²) < 4.78 is 5.42. The van der Waals surface area contributed by atoms with Crippen LogP contribution in [0.2, 0.25) is 0 Å². The van der Waals surface area contributed by atoms with Gasteiger partial charge in [-0.1, -0.05) is 17.3 Å². The zero-order valence-electron chi connectivity index (χ0n) is 13.6. The lowest BCUT2D eigenvalue weighted by Gasteiger charge is -2.20. The molecule has 1 aliphatic heterocycles. The highest BCUT2D eigenvalue weighted by atomic mass is 16.5. The van der Waals surface area contributed by atoms with Crippen LogP contribution in [0, 0.1) is 11.8 Å². The number of nitrogens with zero attached hydrogens (tertiary/aromatic N) is 2. The van der Waals surface area contributed by atoms with E-state index in [1.807, 2.05) is 24.3 Å². The second-order valence-electron chi connectivity index (χ2n) is 6.75. The molecule has 6 nitrogen and oxygen atoms in total. The average Bonchev–Trinajstić information content (AvgIpc) is 3.36. The third-order valence-electron chi connectivity index (χ3n) is 4.73. The predicted molar refractivity (Wildman–Crippen MR) is 90.4 cm³/mol. The molecule has 1 aromatic heterocycles. The van der Waals surface area contributed by atoms with Crippen LogP contribution in [0.15, 0.2) is 28.8 Å². The lowest BCUT2D eigenvalue weighted by Crippen LogP contribution is -2.28. The van der Waals surface area contributed by atoms with E-state index in [2.05, 4.69) is 20.8 Å². The summed E-state index contributed by atoms with van der Waals surface area (Å²) in [6, 6.07) is 7.63. The number of aromatic nitrogens is 2. The second-order valence-corrected chi connectivity index (χ2v) is 6.75. The van der Waals surface area contributed by atoms with Gasteiger partial charge in [0.15, 0.2) is 0 Å². The molecule has 24 heavy (non-hydrogen) atoms. The molecule has 0 atom stereocenters. The average molecular weight is 326 g/mol. The molecule has 1 aliphatic carbocycles. The second kappa shape index (κ2) is 6.73. The lowest BCUT2D eigenvalue weighted by molar-refractivity contribution is -0.117. The van der Waals surface area contributed by atoms with Crippen molar-refractivity contribution in [3.63, 3.8) is 0 Å². The highest BCUT2D eigenvalue weighted by molar-refractivity contribution is 5.94. The molecule has 2 fully saturated rings. The van der Waals surface area contributed by atoms with Crippen LogP contribution < -0.4 is 10.6 Å². The minimum Gasteiger partial charge on any atom is -0.339 e. The molecule has 2 heterocycles. The fourth-order valence-corrected chi connectivity index (χ4v) is 3.11. The van der Waals surface area contributed by atoms with Crippen molar-refractivity contribution in [2.45, 2.75) is 32.1 Å². The summed E-state index contributed by atoms with van der Waals surface area (Å²) >= 11 is 0. The standard InChI is InChI=1S/C18H22N4O2/c23-18(13-4-5-13)20-15-3-1-2-14(11-15)17-21-16(24-22-17)10-12-6-8-19-9-7-12/h1-3,11-13,19H,4-10H2,(H,20,23). The van der Waals surface area contributed by atoms with Crippen LogP contribution in [-0.2, 0) is 11.2 Å². The Morgan fingerprint density at radius 2 is 2.08 bits per heavy atom. The van der Waals surface area contributed by atoms with Gasteiger partial charge in [-0.3, -0.25) is 4.79 Å². The third-order valence-corrected chi connectivity index (χ3v) is 4.73. The number of piperidine rings is 1. The van der Waals surface area contributed by atoms with E-state index in [-0.39, 0.29) is 11.8 Å². The first-order valence-electron chi connectivity index (χ1n) is 8.72. The summed E-state index contributed by atoms with van der Waals surface area (Å²) in [4.78, 5) is 16.4. The van der Waals surface area contributed by atoms with Crippen molar-refractivity contribution in [3.05, 3.63) is 30.2 Å². The maximum absolute atomic E-state index is 11.9. The summed E-state index contributed by atoms with van der Waals surface area (Å²) in [7, 11) is 0. The smallest absolute Gasteiger partial charge is 0.227 e. The van der Waals surface area contributed by atoms with Crippen molar-refractivity contribution in [2.24, 2.45) is 11.8 Å². The summed E-state index contributed by atoms with van der Waals surface area (Å²) in [5.41, 5.74) is 1.65. The zero-order valence-corrected chi connectivity index (χ0v) is 13.6. The fourth-order valence-electron chi connectivity index (χ4n) is 3.11. The fraction of sp³-hybridized carbons (Fsp3) is 0.500. The van der Waals surface area contributed by atoms with E-state index in [1.165, 1.54) is 0 Å². The summed E-state index contributed by atoms with van der Waals surface area (Å²) in [5, 5.41) is 10.4. The molecule has 1 aromatic carbocycles. The lowest BCUT2D eigenvalue weighted by atomic mass is 9.95. The first-order valence-corrected chi connectivity index (χ1v) is 8.72. The normalized spacial score (nSPS) is 18.5. The molecule has 4 rings (SSSR count). The summed E-state index contributed by atoms with van der Waals surface area (Å²) in [6.07, 6.45) is 5.14. The molecule has 1 amide bonds. The van der Waals surface area contributed by atoms with E-state index in [9.17, 15) is 4.79 Å². The van der Waals surface area contributed by atoms with Gasteiger partial charge in [-0.05, 0) is 56.8 Å². The number of anilines is 1. The summed E-state index contributed by atoms with van der Waals surface area (Å²) in [5.74, 6) is 2.19. The van der Waals surface area contributed by atoms with Gasteiger partial charge in [0.2, 0.25) is 17.6 Å². The molecule has 2 aromatic rings. The van der Waals surface area contributed by atoms with Crippen LogP contribution in [0.3, 0.4) is 0 Å². The highest BCUT2D eigenvalue weighted by Gasteiger charge is 2.29. The van der Waals surface area contributed by atoms with E-state index < -0.39 is 0 Å². The summed E-state index contributed by atoms with van der Waals surface area (Å²) in [6.45, 7) is 2.13. The molecule has 2 N–H and O–H groups in total. The van der Waals surface area contributed by atoms with Gasteiger partial charge in [-0.25, -0.2) is 0 Å². The largest absolute Gasteiger partial charge is 0.339 e. The minimum atomic E-state index is 0.104. The Bertz CT molecular complexity index is 717. The molecule has 2 aliphatic rings. The first kappa shape index (κ1) is 15.3. The maximum Gasteiger partial charge on any atom is 0.227 e. The van der Waals surface area contributed by atoms with Crippen molar-refractivity contribution >= 4 is 11.6 Å². The van der Waals surface area contributed by atoms with Crippen LogP contribution in [0.4, 0.5) is 5.69 Å². The van der Waals surface area contributed by atoms with Gasteiger partial charge in [-0.15, -0.1) is 0 Å². The van der Waals surface area contributed by atoms with Crippen LogP contribution >= 0.6 is 0 Å². The van der Waals surface area contributed by atoms with Gasteiger partial charge in [0, 0.05) is 23.6 Å². The molecular weight excluding hydrogens is 304 g/mol. The SMILES string of the molecule is O=C(Nc1cccc(-c2noc(CC3CCNCC3)n2)c1)C1CC1. The van der Waals surface area contributed by atoms with Crippen LogP contribution in [-0.4, -0.2) is 29.1 Å². The molecule has 6 heteroatoms. The number of hydrogen-bond donors (Lipinski definition) is 2. The van der Waals surface area contributed by atoms with Crippen molar-refractivity contribution < 1.29 is 9.32 Å². The minimum absolute atomic E-state index is 0.104. The Balaban J connectivity index is 1.44. The van der Waals surface area contributed by atoms with E-state index in [1.54, 1.807) is 0 Å². The Morgan fingerprint density at radius 1 is 1.25 bits per heavy atom. The van der Waals surface area contributed by atoms with E-state index >= 15 is 0 Å². The maximum atomic E-state index is 11.9. The molecule has 0 unspecified atom stereocenters. The highest BCUT2D eigenvalue weighted by Crippen LogP contribution is 2.30. The molecule has 0 bridgehead atoms. The molecule has 1 saturated carbocycles. The number of carbonyl (C=O) groups excluding carboxylic acids is 1. The first-order chi connectivity index (χ1) is 11.8. The number of benzene rings is 1. The Labute approximate surface area is 141 Å². The van der Waals surface area contributed by atoms with Crippen molar-refractivity contribution in [3.8, 4) is 11.4 Å². The zero-order chi connectivity index (χ0) is 16.4. The molecule has 0 radical (unpaired) electrons. The Morgan fingerprint density at radius 3 is 2.88 bits per heavy atom. The molecule has 0 spiro atoms. The molecule has 126 valence electrons. The number of hydrogen-bond acceptors (Lipinski definition) is 5.